The van der Waals surface area contributed by atoms with Crippen molar-refractivity contribution in [3.05, 3.63) is 0 Å². The molecule has 80 valence electrons. The van der Waals surface area contributed by atoms with Gasteiger partial charge in [0.1, 0.15) is 0 Å². The first-order valence-corrected chi connectivity index (χ1v) is 6.10. The molecule has 0 rings (SSSR count). The summed E-state index contributed by atoms with van der Waals surface area (Å²) < 4.78 is 0. The third-order valence-electron chi connectivity index (χ3n) is 2.04. The van der Waals surface area contributed by atoms with Gasteiger partial charge in [-0.15, -0.1) is 0 Å². The van der Waals surface area contributed by atoms with Gasteiger partial charge >= 0.3 is 0 Å². The van der Waals surface area contributed by atoms with E-state index in [1.165, 1.54) is 19.3 Å². The SMILES string of the molecule is CCCCCN(C)CCC(O)(P)P. The molecule has 0 aliphatic rings. The van der Waals surface area contributed by atoms with Crippen LogP contribution in [0.5, 0.6) is 0 Å². The summed E-state index contributed by atoms with van der Waals surface area (Å²) in [5.41, 5.74) is 0. The van der Waals surface area contributed by atoms with E-state index < -0.39 is 5.08 Å². The van der Waals surface area contributed by atoms with Crippen molar-refractivity contribution >= 4 is 18.5 Å². The van der Waals surface area contributed by atoms with Gasteiger partial charge in [-0.25, -0.2) is 0 Å². The van der Waals surface area contributed by atoms with Crippen LogP contribution in [0.1, 0.15) is 32.6 Å². The molecule has 0 heterocycles. The van der Waals surface area contributed by atoms with E-state index >= 15 is 0 Å². The molecule has 2 atom stereocenters. The summed E-state index contributed by atoms with van der Waals surface area (Å²) in [6, 6.07) is 0. The Bertz CT molecular complexity index is 125. The molecule has 0 saturated carbocycles. The normalized spacial score (nSPS) is 12.5. The molecule has 0 aromatic rings. The highest BCUT2D eigenvalue weighted by molar-refractivity contribution is 7.39. The monoisotopic (exact) mass is 223 g/mol. The zero-order valence-electron chi connectivity index (χ0n) is 8.79. The summed E-state index contributed by atoms with van der Waals surface area (Å²) in [7, 11) is 6.97. The minimum atomic E-state index is -0.682. The molecule has 0 fully saturated rings. The molecule has 1 N–H and O–H groups in total. The van der Waals surface area contributed by atoms with Crippen LogP contribution < -0.4 is 0 Å². The highest BCUT2D eigenvalue weighted by Crippen LogP contribution is 2.26. The van der Waals surface area contributed by atoms with Gasteiger partial charge in [-0.2, -0.15) is 0 Å². The summed E-state index contributed by atoms with van der Waals surface area (Å²) in [5, 5.41) is 8.76. The first kappa shape index (κ1) is 13.8. The van der Waals surface area contributed by atoms with Gasteiger partial charge in [-0.05, 0) is 26.4 Å². The van der Waals surface area contributed by atoms with E-state index in [1.54, 1.807) is 0 Å². The van der Waals surface area contributed by atoms with Crippen LogP contribution in [-0.2, 0) is 0 Å². The lowest BCUT2D eigenvalue weighted by Crippen LogP contribution is -2.25. The van der Waals surface area contributed by atoms with Crippen LogP contribution in [0.4, 0.5) is 0 Å². The molecule has 0 spiro atoms. The van der Waals surface area contributed by atoms with Crippen molar-refractivity contribution in [1.82, 2.24) is 4.90 Å². The molecule has 4 heteroatoms. The van der Waals surface area contributed by atoms with Gasteiger partial charge in [0.05, 0.1) is 5.08 Å². The van der Waals surface area contributed by atoms with E-state index in [-0.39, 0.29) is 0 Å². The van der Waals surface area contributed by atoms with Crippen LogP contribution in [0.2, 0.25) is 0 Å². The highest BCUT2D eigenvalue weighted by atomic mass is 31.1. The molecule has 0 aromatic carbocycles. The van der Waals surface area contributed by atoms with Crippen molar-refractivity contribution in [1.29, 1.82) is 0 Å². The molecule has 0 aliphatic heterocycles. The summed E-state index contributed by atoms with van der Waals surface area (Å²) >= 11 is 0. The third-order valence-corrected chi connectivity index (χ3v) is 2.61. The number of nitrogens with zero attached hydrogens (tertiary/aromatic N) is 1. The molecule has 0 aliphatic carbocycles. The van der Waals surface area contributed by atoms with Gasteiger partial charge in [-0.1, -0.05) is 38.2 Å². The summed E-state index contributed by atoms with van der Waals surface area (Å²) in [4.78, 5) is 2.27. The summed E-state index contributed by atoms with van der Waals surface area (Å²) in [6.45, 7) is 4.30. The smallest absolute Gasteiger partial charge is 0.0917 e. The van der Waals surface area contributed by atoms with E-state index in [0.717, 1.165) is 19.5 Å². The number of unbranched alkanes of at least 4 members (excludes halogenated alkanes) is 2. The topological polar surface area (TPSA) is 23.5 Å². The maximum Gasteiger partial charge on any atom is 0.0917 e. The maximum absolute atomic E-state index is 9.44. The Morgan fingerprint density at radius 3 is 2.31 bits per heavy atom. The van der Waals surface area contributed by atoms with Crippen molar-refractivity contribution in [2.24, 2.45) is 0 Å². The fourth-order valence-electron chi connectivity index (χ4n) is 1.11. The summed E-state index contributed by atoms with van der Waals surface area (Å²) in [5.74, 6) is 0. The lowest BCUT2D eigenvalue weighted by atomic mass is 10.2. The second-order valence-electron chi connectivity index (χ2n) is 3.75. The van der Waals surface area contributed by atoms with Gasteiger partial charge in [-0.3, -0.25) is 0 Å². The minimum Gasteiger partial charge on any atom is -0.382 e. The van der Waals surface area contributed by atoms with E-state index in [0.29, 0.717) is 0 Å². The van der Waals surface area contributed by atoms with Gasteiger partial charge in [0, 0.05) is 6.54 Å². The Morgan fingerprint density at radius 1 is 1.23 bits per heavy atom. The van der Waals surface area contributed by atoms with Crippen molar-refractivity contribution in [2.75, 3.05) is 20.1 Å². The van der Waals surface area contributed by atoms with Crippen LogP contribution in [0.25, 0.3) is 0 Å². The van der Waals surface area contributed by atoms with E-state index in [1.807, 2.05) is 0 Å². The van der Waals surface area contributed by atoms with Gasteiger partial charge in [0.25, 0.3) is 0 Å². The fraction of sp³-hybridized carbons (Fsp3) is 1.00. The first-order chi connectivity index (χ1) is 5.95. The zero-order valence-corrected chi connectivity index (χ0v) is 11.1. The van der Waals surface area contributed by atoms with Gasteiger partial charge in [0.2, 0.25) is 0 Å². The molecule has 0 bridgehead atoms. The number of rotatable bonds is 7. The Balaban J connectivity index is 3.35. The van der Waals surface area contributed by atoms with E-state index in [2.05, 4.69) is 37.4 Å². The second kappa shape index (κ2) is 7.12. The maximum atomic E-state index is 9.44. The highest BCUT2D eigenvalue weighted by Gasteiger charge is 2.13. The molecule has 0 aromatic heterocycles. The largest absolute Gasteiger partial charge is 0.382 e. The van der Waals surface area contributed by atoms with Crippen molar-refractivity contribution in [3.63, 3.8) is 0 Å². The molecule has 13 heavy (non-hydrogen) atoms. The lowest BCUT2D eigenvalue weighted by molar-refractivity contribution is 0.191. The van der Waals surface area contributed by atoms with Gasteiger partial charge in [0.15, 0.2) is 0 Å². The molecule has 2 nitrogen and oxygen atoms in total. The lowest BCUT2D eigenvalue weighted by Gasteiger charge is -2.22. The quantitative estimate of drug-likeness (QED) is 0.526. The Morgan fingerprint density at radius 2 is 1.85 bits per heavy atom. The van der Waals surface area contributed by atoms with Crippen molar-refractivity contribution in [3.8, 4) is 0 Å². The number of aliphatic hydroxyl groups is 1. The van der Waals surface area contributed by atoms with Crippen LogP contribution in [0, 0.1) is 0 Å². The molecule has 0 saturated heterocycles. The molecule has 0 amide bonds. The minimum absolute atomic E-state index is 0.682. The van der Waals surface area contributed by atoms with Crippen LogP contribution in [0.3, 0.4) is 0 Å². The number of hydrogen-bond donors (Lipinski definition) is 1. The molecule has 2 unspecified atom stereocenters. The van der Waals surface area contributed by atoms with Crippen LogP contribution in [-0.4, -0.2) is 35.2 Å². The first-order valence-electron chi connectivity index (χ1n) is 4.94. The van der Waals surface area contributed by atoms with E-state index in [4.69, 9.17) is 0 Å². The standard InChI is InChI=1S/C9H23NOP2/c1-3-4-5-7-10(2)8-6-9(11,12)13/h11H,3-8,12-13H2,1-2H3. The Hall–Kier alpha value is 0.780. The molecule has 0 radical (unpaired) electrons. The second-order valence-corrected chi connectivity index (χ2v) is 6.42. The van der Waals surface area contributed by atoms with Crippen LogP contribution >= 0.6 is 18.5 Å². The Labute approximate surface area is 86.9 Å². The Kier molecular flexibility index (Phi) is 7.55. The average molecular weight is 223 g/mol. The summed E-state index contributed by atoms with van der Waals surface area (Å²) in [6.07, 6.45) is 4.62. The van der Waals surface area contributed by atoms with Crippen molar-refractivity contribution in [2.45, 2.75) is 37.7 Å². The van der Waals surface area contributed by atoms with Crippen LogP contribution in [0.15, 0.2) is 0 Å². The fourth-order valence-corrected chi connectivity index (χ4v) is 1.37. The average Bonchev–Trinajstić information content (AvgIpc) is 2.00. The molecular formula is C9H23NOP2. The zero-order chi connectivity index (χ0) is 10.3. The van der Waals surface area contributed by atoms with Crippen molar-refractivity contribution < 1.29 is 5.11 Å². The predicted octanol–water partition coefficient (Wildman–Crippen LogP) is 1.89. The van der Waals surface area contributed by atoms with E-state index in [9.17, 15) is 5.11 Å². The molecular weight excluding hydrogens is 200 g/mol. The number of hydrogen-bond acceptors (Lipinski definition) is 2. The van der Waals surface area contributed by atoms with Gasteiger partial charge < -0.3 is 10.0 Å². The predicted molar refractivity (Wildman–Crippen MR) is 66.0 cm³/mol. The third kappa shape index (κ3) is 10.7.